The molecule has 2 fully saturated rings. The first-order valence-electron chi connectivity index (χ1n) is 8.76. The number of rotatable bonds is 4. The molecular formula is C19H25N3OS. The summed E-state index contributed by atoms with van der Waals surface area (Å²) in [5.41, 5.74) is 2.41. The Labute approximate surface area is 148 Å². The molecule has 1 aromatic carbocycles. The number of nitrogens with one attached hydrogen (secondary N) is 1. The lowest BCUT2D eigenvalue weighted by atomic mass is 9.87. The Morgan fingerprint density at radius 2 is 2.04 bits per heavy atom. The zero-order valence-electron chi connectivity index (χ0n) is 14.3. The van der Waals surface area contributed by atoms with Crippen LogP contribution in [0.1, 0.15) is 36.8 Å². The SMILES string of the molecule is Cc1c(CN2CCSCC2)cccc1NC(=O)C1(C#N)CCCC1. The largest absolute Gasteiger partial charge is 0.324 e. The van der Waals surface area contributed by atoms with Crippen LogP contribution in [0.15, 0.2) is 18.2 Å². The van der Waals surface area contributed by atoms with Gasteiger partial charge in [-0.2, -0.15) is 17.0 Å². The van der Waals surface area contributed by atoms with Gasteiger partial charge < -0.3 is 5.32 Å². The lowest BCUT2D eigenvalue weighted by Crippen LogP contribution is -2.33. The maximum atomic E-state index is 12.7. The van der Waals surface area contributed by atoms with Gasteiger partial charge in [-0.25, -0.2) is 0 Å². The highest BCUT2D eigenvalue weighted by atomic mass is 32.2. The molecule has 1 amide bonds. The molecule has 1 heterocycles. The van der Waals surface area contributed by atoms with Crippen LogP contribution in [0.3, 0.4) is 0 Å². The number of benzene rings is 1. The Morgan fingerprint density at radius 1 is 1.33 bits per heavy atom. The van der Waals surface area contributed by atoms with Gasteiger partial charge in [-0.3, -0.25) is 9.69 Å². The van der Waals surface area contributed by atoms with Gasteiger partial charge in [0.05, 0.1) is 6.07 Å². The van der Waals surface area contributed by atoms with Crippen LogP contribution >= 0.6 is 11.8 Å². The highest BCUT2D eigenvalue weighted by molar-refractivity contribution is 7.99. The fraction of sp³-hybridized carbons (Fsp3) is 0.579. The van der Waals surface area contributed by atoms with E-state index in [4.69, 9.17) is 0 Å². The van der Waals surface area contributed by atoms with Crippen molar-refractivity contribution < 1.29 is 4.79 Å². The Morgan fingerprint density at radius 3 is 2.71 bits per heavy atom. The van der Waals surface area contributed by atoms with Crippen LogP contribution in [0.5, 0.6) is 0 Å². The van der Waals surface area contributed by atoms with Crippen LogP contribution in [0.4, 0.5) is 5.69 Å². The van der Waals surface area contributed by atoms with Crippen molar-refractivity contribution in [2.75, 3.05) is 29.9 Å². The summed E-state index contributed by atoms with van der Waals surface area (Å²) < 4.78 is 0. The fourth-order valence-electron chi connectivity index (χ4n) is 3.60. The lowest BCUT2D eigenvalue weighted by Gasteiger charge is -2.27. The number of hydrogen-bond donors (Lipinski definition) is 1. The second kappa shape index (κ2) is 7.58. The number of nitriles is 1. The predicted molar refractivity (Wildman–Crippen MR) is 98.9 cm³/mol. The summed E-state index contributed by atoms with van der Waals surface area (Å²) >= 11 is 2.01. The molecule has 128 valence electrons. The minimum absolute atomic E-state index is 0.128. The molecule has 0 atom stereocenters. The number of carbonyl (C=O) groups is 1. The third kappa shape index (κ3) is 3.60. The average Bonchev–Trinajstić information content (AvgIpc) is 3.10. The van der Waals surface area contributed by atoms with Gasteiger partial charge in [0.25, 0.3) is 0 Å². The zero-order chi connectivity index (χ0) is 17.0. The predicted octanol–water partition coefficient (Wildman–Crippen LogP) is 3.57. The molecule has 0 radical (unpaired) electrons. The molecule has 24 heavy (non-hydrogen) atoms. The number of thioether (sulfide) groups is 1. The Bertz CT molecular complexity index is 641. The standard InChI is InChI=1S/C19H25N3OS/c1-15-16(13-22-9-11-24-12-10-22)5-4-6-17(15)21-18(23)19(14-20)7-2-3-8-19/h4-6H,2-3,7-13H2,1H3,(H,21,23). The minimum Gasteiger partial charge on any atom is -0.324 e. The van der Waals surface area contributed by atoms with Gasteiger partial charge >= 0.3 is 0 Å². The van der Waals surface area contributed by atoms with Crippen molar-refractivity contribution in [3.8, 4) is 6.07 Å². The van der Waals surface area contributed by atoms with E-state index in [2.05, 4.69) is 29.3 Å². The van der Waals surface area contributed by atoms with Crippen LogP contribution < -0.4 is 5.32 Å². The normalized spacial score (nSPS) is 20.5. The Hall–Kier alpha value is -1.51. The molecule has 1 aromatic rings. The maximum Gasteiger partial charge on any atom is 0.244 e. The quantitative estimate of drug-likeness (QED) is 0.908. The van der Waals surface area contributed by atoms with E-state index in [1.165, 1.54) is 17.1 Å². The highest BCUT2D eigenvalue weighted by Crippen LogP contribution is 2.38. The molecule has 0 unspecified atom stereocenters. The van der Waals surface area contributed by atoms with Gasteiger partial charge in [-0.05, 0) is 37.0 Å². The first-order valence-corrected chi connectivity index (χ1v) is 9.91. The van der Waals surface area contributed by atoms with Crippen molar-refractivity contribution in [1.29, 1.82) is 5.26 Å². The topological polar surface area (TPSA) is 56.1 Å². The summed E-state index contributed by atoms with van der Waals surface area (Å²) in [6, 6.07) is 8.37. The molecule has 4 nitrogen and oxygen atoms in total. The average molecular weight is 343 g/mol. The summed E-state index contributed by atoms with van der Waals surface area (Å²) in [5.74, 6) is 2.26. The minimum atomic E-state index is -0.827. The van der Waals surface area contributed by atoms with E-state index >= 15 is 0 Å². The Balaban J connectivity index is 1.73. The Kier molecular flexibility index (Phi) is 5.47. The molecule has 0 bridgehead atoms. The van der Waals surface area contributed by atoms with Gasteiger partial charge in [-0.1, -0.05) is 25.0 Å². The summed E-state index contributed by atoms with van der Waals surface area (Å²) in [6.45, 7) is 5.24. The van der Waals surface area contributed by atoms with E-state index in [0.717, 1.165) is 43.7 Å². The molecule has 3 rings (SSSR count). The van der Waals surface area contributed by atoms with E-state index in [0.29, 0.717) is 12.8 Å². The maximum absolute atomic E-state index is 12.7. The van der Waals surface area contributed by atoms with Crippen molar-refractivity contribution in [1.82, 2.24) is 4.90 Å². The summed E-state index contributed by atoms with van der Waals surface area (Å²) in [7, 11) is 0. The van der Waals surface area contributed by atoms with Crippen LogP contribution in [-0.4, -0.2) is 35.4 Å². The van der Waals surface area contributed by atoms with Crippen LogP contribution in [0, 0.1) is 23.7 Å². The number of hydrogen-bond acceptors (Lipinski definition) is 4. The van der Waals surface area contributed by atoms with Crippen LogP contribution in [0.2, 0.25) is 0 Å². The third-order valence-electron chi connectivity index (χ3n) is 5.30. The van der Waals surface area contributed by atoms with Crippen molar-refractivity contribution in [2.45, 2.75) is 39.2 Å². The van der Waals surface area contributed by atoms with Gasteiger partial charge in [0.2, 0.25) is 5.91 Å². The summed E-state index contributed by atoms with van der Waals surface area (Å²) in [4.78, 5) is 15.1. The molecule has 0 aromatic heterocycles. The highest BCUT2D eigenvalue weighted by Gasteiger charge is 2.41. The molecule has 1 saturated heterocycles. The van der Waals surface area contributed by atoms with Crippen molar-refractivity contribution >= 4 is 23.4 Å². The number of anilines is 1. The van der Waals surface area contributed by atoms with E-state index in [9.17, 15) is 10.1 Å². The van der Waals surface area contributed by atoms with E-state index in [-0.39, 0.29) is 5.91 Å². The summed E-state index contributed by atoms with van der Waals surface area (Å²) in [6.07, 6.45) is 3.29. The second-order valence-corrected chi connectivity index (χ2v) is 8.06. The van der Waals surface area contributed by atoms with Gasteiger partial charge in [0.15, 0.2) is 0 Å². The number of amides is 1. The first-order chi connectivity index (χ1) is 11.6. The molecule has 2 aliphatic rings. The number of carbonyl (C=O) groups excluding carboxylic acids is 1. The van der Waals surface area contributed by atoms with Gasteiger partial charge in [0, 0.05) is 36.8 Å². The molecule has 0 spiro atoms. The zero-order valence-corrected chi connectivity index (χ0v) is 15.1. The molecule has 1 aliphatic carbocycles. The second-order valence-electron chi connectivity index (χ2n) is 6.83. The van der Waals surface area contributed by atoms with E-state index in [1.54, 1.807) is 0 Å². The molecule has 1 N–H and O–H groups in total. The van der Waals surface area contributed by atoms with Gasteiger partial charge in [-0.15, -0.1) is 0 Å². The fourth-order valence-corrected chi connectivity index (χ4v) is 4.58. The van der Waals surface area contributed by atoms with Crippen molar-refractivity contribution in [3.05, 3.63) is 29.3 Å². The van der Waals surface area contributed by atoms with Gasteiger partial charge in [0.1, 0.15) is 5.41 Å². The monoisotopic (exact) mass is 343 g/mol. The lowest BCUT2D eigenvalue weighted by molar-refractivity contribution is -0.122. The smallest absolute Gasteiger partial charge is 0.244 e. The third-order valence-corrected chi connectivity index (χ3v) is 6.24. The molecule has 1 saturated carbocycles. The first kappa shape index (κ1) is 17.3. The molecular weight excluding hydrogens is 318 g/mol. The van der Waals surface area contributed by atoms with Crippen LogP contribution in [-0.2, 0) is 11.3 Å². The van der Waals surface area contributed by atoms with E-state index < -0.39 is 5.41 Å². The summed E-state index contributed by atoms with van der Waals surface area (Å²) in [5, 5.41) is 12.5. The van der Waals surface area contributed by atoms with E-state index in [1.807, 2.05) is 23.9 Å². The molecule has 5 heteroatoms. The van der Waals surface area contributed by atoms with Crippen LogP contribution in [0.25, 0.3) is 0 Å². The van der Waals surface area contributed by atoms with Crippen molar-refractivity contribution in [3.63, 3.8) is 0 Å². The van der Waals surface area contributed by atoms with Crippen molar-refractivity contribution in [2.24, 2.45) is 5.41 Å². The molecule has 1 aliphatic heterocycles. The number of nitrogens with zero attached hydrogens (tertiary/aromatic N) is 2.